The molecule has 0 amide bonds. The zero-order valence-corrected chi connectivity index (χ0v) is 14.4. The molecule has 25 heavy (non-hydrogen) atoms. The molecule has 0 spiro atoms. The maximum absolute atomic E-state index is 10.4. The van der Waals surface area contributed by atoms with E-state index in [1.807, 2.05) is 54.6 Å². The number of aryl methyl sites for hydroxylation is 1. The highest BCUT2D eigenvalue weighted by Gasteiger charge is 2.16. The summed E-state index contributed by atoms with van der Waals surface area (Å²) in [4.78, 5) is 4.65. The van der Waals surface area contributed by atoms with Crippen molar-refractivity contribution in [2.24, 2.45) is 0 Å². The molecular formula is C21H24N2O2. The van der Waals surface area contributed by atoms with Crippen molar-refractivity contribution >= 4 is 16.7 Å². The Balaban J connectivity index is 1.78. The van der Waals surface area contributed by atoms with Gasteiger partial charge < -0.3 is 15.5 Å². The third kappa shape index (κ3) is 4.16. The number of aliphatic hydroxyl groups is 2. The third-order valence-corrected chi connectivity index (χ3v) is 4.45. The summed E-state index contributed by atoms with van der Waals surface area (Å²) in [5.74, 6) is 0.731. The molecule has 3 rings (SSSR count). The molecule has 1 heterocycles. The molecule has 0 aliphatic carbocycles. The topological polar surface area (TPSA) is 65.4 Å². The fraction of sp³-hybridized carbons (Fsp3) is 0.286. The van der Waals surface area contributed by atoms with Crippen LogP contribution in [0, 0.1) is 0 Å². The lowest BCUT2D eigenvalue weighted by atomic mass is 10.0. The molecule has 0 radical (unpaired) electrons. The number of hydrogen-bond donors (Lipinski definition) is 3. The molecule has 3 aromatic rings. The van der Waals surface area contributed by atoms with Crippen LogP contribution in [0.1, 0.15) is 30.6 Å². The van der Waals surface area contributed by atoms with Crippen molar-refractivity contribution in [2.45, 2.75) is 31.9 Å². The summed E-state index contributed by atoms with van der Waals surface area (Å²) in [5.41, 5.74) is 3.00. The molecule has 3 N–H and O–H groups in total. The van der Waals surface area contributed by atoms with Crippen LogP contribution < -0.4 is 5.32 Å². The van der Waals surface area contributed by atoms with E-state index in [1.54, 1.807) is 0 Å². The zero-order chi connectivity index (χ0) is 17.6. The summed E-state index contributed by atoms with van der Waals surface area (Å²) in [5, 5.41) is 24.6. The molecule has 4 heteroatoms. The quantitative estimate of drug-likeness (QED) is 0.615. The van der Waals surface area contributed by atoms with E-state index in [1.165, 1.54) is 5.56 Å². The van der Waals surface area contributed by atoms with E-state index < -0.39 is 6.10 Å². The maximum Gasteiger partial charge on any atom is 0.127 e. The molecule has 1 aromatic heterocycles. The van der Waals surface area contributed by atoms with Gasteiger partial charge in [0.1, 0.15) is 5.82 Å². The van der Waals surface area contributed by atoms with Gasteiger partial charge >= 0.3 is 0 Å². The van der Waals surface area contributed by atoms with E-state index in [2.05, 4.69) is 23.3 Å². The van der Waals surface area contributed by atoms with Crippen molar-refractivity contribution in [1.82, 2.24) is 4.98 Å². The summed E-state index contributed by atoms with van der Waals surface area (Å²) in [6.07, 6.45) is 0.696. The van der Waals surface area contributed by atoms with Gasteiger partial charge in [-0.05, 0) is 36.1 Å². The second-order valence-corrected chi connectivity index (χ2v) is 6.22. The van der Waals surface area contributed by atoms with Crippen molar-refractivity contribution in [2.75, 3.05) is 11.9 Å². The number of hydrogen-bond acceptors (Lipinski definition) is 4. The van der Waals surface area contributed by atoms with E-state index in [4.69, 9.17) is 0 Å². The van der Waals surface area contributed by atoms with Crippen LogP contribution in [-0.2, 0) is 6.42 Å². The number of para-hydroxylation sites is 1. The van der Waals surface area contributed by atoms with Crippen molar-refractivity contribution in [3.63, 3.8) is 0 Å². The largest absolute Gasteiger partial charge is 0.394 e. The van der Waals surface area contributed by atoms with Crippen LogP contribution >= 0.6 is 0 Å². The predicted octanol–water partition coefficient (Wildman–Crippen LogP) is 3.69. The molecule has 2 unspecified atom stereocenters. The fourth-order valence-electron chi connectivity index (χ4n) is 3.08. The van der Waals surface area contributed by atoms with E-state index in [0.29, 0.717) is 6.42 Å². The number of benzene rings is 2. The van der Waals surface area contributed by atoms with Gasteiger partial charge in [-0.3, -0.25) is 0 Å². The molecule has 130 valence electrons. The minimum absolute atomic E-state index is 0.0696. The molecule has 2 atom stereocenters. The van der Waals surface area contributed by atoms with Gasteiger partial charge in [-0.1, -0.05) is 55.5 Å². The standard InChI is InChI=1S/C21H24N2O2/c1-2-15-12-21(23-19-11-7-6-10-18(15)19)22-17(14-24)13-20(25)16-8-4-3-5-9-16/h3-12,17,20,24-25H,2,13-14H2,1H3,(H,22,23). The first-order chi connectivity index (χ1) is 12.2. The number of nitrogens with one attached hydrogen (secondary N) is 1. The van der Waals surface area contributed by atoms with Crippen LogP contribution in [0.2, 0.25) is 0 Å². The number of aliphatic hydroxyl groups excluding tert-OH is 2. The highest BCUT2D eigenvalue weighted by atomic mass is 16.3. The highest BCUT2D eigenvalue weighted by Crippen LogP contribution is 2.24. The molecule has 0 aliphatic heterocycles. The Hall–Kier alpha value is -2.43. The van der Waals surface area contributed by atoms with Gasteiger partial charge in [0.25, 0.3) is 0 Å². The molecule has 0 aliphatic rings. The number of nitrogens with zero attached hydrogens (tertiary/aromatic N) is 1. The number of anilines is 1. The Labute approximate surface area is 148 Å². The monoisotopic (exact) mass is 336 g/mol. The molecular weight excluding hydrogens is 312 g/mol. The summed E-state index contributed by atoms with van der Waals surface area (Å²) >= 11 is 0. The van der Waals surface area contributed by atoms with Crippen molar-refractivity contribution in [1.29, 1.82) is 0 Å². The minimum atomic E-state index is -0.628. The Morgan fingerprint density at radius 3 is 2.48 bits per heavy atom. The molecule has 0 bridgehead atoms. The SMILES string of the molecule is CCc1cc(NC(CO)CC(O)c2ccccc2)nc2ccccc12. The van der Waals surface area contributed by atoms with Crippen molar-refractivity contribution in [3.05, 3.63) is 71.8 Å². The smallest absolute Gasteiger partial charge is 0.127 e. The highest BCUT2D eigenvalue weighted by molar-refractivity contribution is 5.84. The third-order valence-electron chi connectivity index (χ3n) is 4.45. The Morgan fingerprint density at radius 1 is 1.04 bits per heavy atom. The number of fused-ring (bicyclic) bond motifs is 1. The van der Waals surface area contributed by atoms with E-state index in [0.717, 1.165) is 28.7 Å². The fourth-order valence-corrected chi connectivity index (χ4v) is 3.08. The molecule has 0 saturated carbocycles. The van der Waals surface area contributed by atoms with Gasteiger partial charge in [0.05, 0.1) is 24.3 Å². The molecule has 0 fully saturated rings. The van der Waals surface area contributed by atoms with Gasteiger partial charge in [-0.25, -0.2) is 4.98 Å². The Kier molecular flexibility index (Phi) is 5.64. The first-order valence-electron chi connectivity index (χ1n) is 8.70. The lowest BCUT2D eigenvalue weighted by molar-refractivity contribution is 0.144. The van der Waals surface area contributed by atoms with Crippen LogP contribution in [0.3, 0.4) is 0 Å². The van der Waals surface area contributed by atoms with Gasteiger partial charge in [-0.15, -0.1) is 0 Å². The van der Waals surface area contributed by atoms with Gasteiger partial charge in [-0.2, -0.15) is 0 Å². The van der Waals surface area contributed by atoms with Crippen LogP contribution in [0.4, 0.5) is 5.82 Å². The lowest BCUT2D eigenvalue weighted by Crippen LogP contribution is -2.26. The van der Waals surface area contributed by atoms with E-state index >= 15 is 0 Å². The maximum atomic E-state index is 10.4. The van der Waals surface area contributed by atoms with Crippen molar-refractivity contribution < 1.29 is 10.2 Å². The summed E-state index contributed by atoms with van der Waals surface area (Å²) in [6, 6.07) is 19.3. The van der Waals surface area contributed by atoms with Crippen LogP contribution in [0.25, 0.3) is 10.9 Å². The second kappa shape index (κ2) is 8.10. The minimum Gasteiger partial charge on any atom is -0.394 e. The molecule has 4 nitrogen and oxygen atoms in total. The molecule has 2 aromatic carbocycles. The predicted molar refractivity (Wildman–Crippen MR) is 102 cm³/mol. The number of aromatic nitrogens is 1. The Morgan fingerprint density at radius 2 is 1.76 bits per heavy atom. The normalized spacial score (nSPS) is 13.6. The first-order valence-corrected chi connectivity index (χ1v) is 8.70. The average Bonchev–Trinajstić information content (AvgIpc) is 2.67. The van der Waals surface area contributed by atoms with Crippen LogP contribution in [-0.4, -0.2) is 27.8 Å². The van der Waals surface area contributed by atoms with E-state index in [9.17, 15) is 10.2 Å². The van der Waals surface area contributed by atoms with E-state index in [-0.39, 0.29) is 12.6 Å². The first kappa shape index (κ1) is 17.4. The second-order valence-electron chi connectivity index (χ2n) is 6.22. The lowest BCUT2D eigenvalue weighted by Gasteiger charge is -2.21. The van der Waals surface area contributed by atoms with Crippen LogP contribution in [0.15, 0.2) is 60.7 Å². The van der Waals surface area contributed by atoms with Crippen LogP contribution in [0.5, 0.6) is 0 Å². The van der Waals surface area contributed by atoms with Gasteiger partial charge in [0, 0.05) is 5.39 Å². The summed E-state index contributed by atoms with van der Waals surface area (Å²) < 4.78 is 0. The summed E-state index contributed by atoms with van der Waals surface area (Å²) in [7, 11) is 0. The Bertz CT molecular complexity index is 820. The number of rotatable bonds is 7. The zero-order valence-electron chi connectivity index (χ0n) is 14.4. The van der Waals surface area contributed by atoms with Gasteiger partial charge in [0.2, 0.25) is 0 Å². The summed E-state index contributed by atoms with van der Waals surface area (Å²) in [6.45, 7) is 2.05. The van der Waals surface area contributed by atoms with Crippen molar-refractivity contribution in [3.8, 4) is 0 Å². The average molecular weight is 336 g/mol. The van der Waals surface area contributed by atoms with Gasteiger partial charge in [0.15, 0.2) is 0 Å². The number of pyridine rings is 1. The molecule has 0 saturated heterocycles.